The summed E-state index contributed by atoms with van der Waals surface area (Å²) >= 11 is 1.24. The Kier molecular flexibility index (Phi) is 6.16. The van der Waals surface area contributed by atoms with Gasteiger partial charge in [-0.15, -0.1) is 16.8 Å². The summed E-state index contributed by atoms with van der Waals surface area (Å²) in [6, 6.07) is 8.07. The number of allylic oxidation sites excluding steroid dienone is 1. The van der Waals surface area contributed by atoms with Crippen molar-refractivity contribution < 1.29 is 9.18 Å². The number of amides is 1. The maximum absolute atomic E-state index is 13.1. The van der Waals surface area contributed by atoms with E-state index in [4.69, 9.17) is 5.26 Å². The molecular weight excluding hydrogens is 353 g/mol. The van der Waals surface area contributed by atoms with Gasteiger partial charge in [0, 0.05) is 19.2 Å². The first-order chi connectivity index (χ1) is 12.3. The van der Waals surface area contributed by atoms with Gasteiger partial charge < -0.3 is 4.90 Å². The number of nitriles is 1. The van der Waals surface area contributed by atoms with Gasteiger partial charge in [0.05, 0.1) is 11.8 Å². The number of rotatable bonds is 7. The maximum atomic E-state index is 13.1. The van der Waals surface area contributed by atoms with Gasteiger partial charge >= 0.3 is 0 Å². The van der Waals surface area contributed by atoms with E-state index in [-0.39, 0.29) is 17.5 Å². The van der Waals surface area contributed by atoms with E-state index in [2.05, 4.69) is 22.8 Å². The summed E-state index contributed by atoms with van der Waals surface area (Å²) < 4.78 is 15.0. The van der Waals surface area contributed by atoms with Crippen LogP contribution in [0.1, 0.15) is 13.8 Å². The Bertz CT molecular complexity index is 838. The Hall–Kier alpha value is -2.66. The lowest BCUT2D eigenvalue weighted by Gasteiger charge is -2.28. The van der Waals surface area contributed by atoms with Crippen molar-refractivity contribution >= 4 is 17.7 Å². The molecule has 2 rings (SSSR count). The van der Waals surface area contributed by atoms with E-state index in [0.29, 0.717) is 17.5 Å². The number of carbonyl (C=O) groups is 1. The van der Waals surface area contributed by atoms with Crippen LogP contribution >= 0.6 is 11.8 Å². The number of nitrogens with zero attached hydrogens (tertiary/aromatic N) is 5. The third kappa shape index (κ3) is 4.29. The first kappa shape index (κ1) is 19.7. The zero-order valence-corrected chi connectivity index (χ0v) is 15.8. The van der Waals surface area contributed by atoms with Gasteiger partial charge in [0.2, 0.25) is 5.91 Å². The Morgan fingerprint density at radius 1 is 1.42 bits per heavy atom. The number of hydrogen-bond donors (Lipinski definition) is 0. The number of halogens is 1. The van der Waals surface area contributed by atoms with Crippen LogP contribution in [0.5, 0.6) is 0 Å². The Labute approximate surface area is 156 Å². The number of carbonyl (C=O) groups excluding carboxylic acids is 1. The van der Waals surface area contributed by atoms with E-state index in [0.717, 1.165) is 5.56 Å². The largest absolute Gasteiger partial charge is 0.327 e. The van der Waals surface area contributed by atoms with E-state index in [1.807, 2.05) is 4.57 Å². The van der Waals surface area contributed by atoms with Gasteiger partial charge in [-0.05, 0) is 38.1 Å². The first-order valence-electron chi connectivity index (χ1n) is 7.91. The third-order valence-corrected chi connectivity index (χ3v) is 4.89. The molecule has 0 saturated carbocycles. The average molecular weight is 373 g/mol. The van der Waals surface area contributed by atoms with Crippen molar-refractivity contribution in [3.8, 4) is 17.5 Å². The van der Waals surface area contributed by atoms with E-state index < -0.39 is 5.54 Å². The molecule has 26 heavy (non-hydrogen) atoms. The van der Waals surface area contributed by atoms with Gasteiger partial charge in [-0.3, -0.25) is 9.36 Å². The highest BCUT2D eigenvalue weighted by atomic mass is 32.2. The van der Waals surface area contributed by atoms with Crippen molar-refractivity contribution in [2.75, 3.05) is 12.8 Å². The molecule has 0 atom stereocenters. The van der Waals surface area contributed by atoms with Gasteiger partial charge in [-0.25, -0.2) is 4.39 Å². The summed E-state index contributed by atoms with van der Waals surface area (Å²) in [4.78, 5) is 13.8. The SMILES string of the molecule is C=CCn1c(SCC(=O)N(C)C(C)(C)C#N)nnc1-c1ccc(F)cc1. The smallest absolute Gasteiger partial charge is 0.234 e. The van der Waals surface area contributed by atoms with E-state index in [1.54, 1.807) is 39.1 Å². The summed E-state index contributed by atoms with van der Waals surface area (Å²) in [6.07, 6.45) is 1.70. The van der Waals surface area contributed by atoms with Crippen LogP contribution in [0.25, 0.3) is 11.4 Å². The molecule has 0 N–H and O–H groups in total. The van der Waals surface area contributed by atoms with E-state index in [9.17, 15) is 9.18 Å². The highest BCUT2D eigenvalue weighted by molar-refractivity contribution is 7.99. The standard InChI is InChI=1S/C18H20FN5OS/c1-5-10-24-16(13-6-8-14(19)9-7-13)21-22-17(24)26-11-15(25)23(4)18(2,3)12-20/h5-9H,1,10-11H2,2-4H3. The van der Waals surface area contributed by atoms with Crippen LogP contribution in [0.4, 0.5) is 4.39 Å². The van der Waals surface area contributed by atoms with Crippen molar-refractivity contribution in [3.63, 3.8) is 0 Å². The van der Waals surface area contributed by atoms with Gasteiger partial charge in [0.1, 0.15) is 11.4 Å². The maximum Gasteiger partial charge on any atom is 0.234 e. The molecule has 0 aliphatic carbocycles. The molecule has 1 amide bonds. The highest BCUT2D eigenvalue weighted by Crippen LogP contribution is 2.25. The monoisotopic (exact) mass is 373 g/mol. The van der Waals surface area contributed by atoms with Crippen LogP contribution in [0.15, 0.2) is 42.1 Å². The van der Waals surface area contributed by atoms with Crippen molar-refractivity contribution in [1.29, 1.82) is 5.26 Å². The number of hydrogen-bond acceptors (Lipinski definition) is 5. The molecule has 1 aromatic heterocycles. The molecule has 1 heterocycles. The molecule has 0 spiro atoms. The van der Waals surface area contributed by atoms with Crippen LogP contribution < -0.4 is 0 Å². The molecule has 0 fully saturated rings. The third-order valence-electron chi connectivity index (χ3n) is 3.94. The van der Waals surface area contributed by atoms with Crippen LogP contribution in [0.3, 0.4) is 0 Å². The van der Waals surface area contributed by atoms with Crippen LogP contribution in [0, 0.1) is 17.1 Å². The molecule has 6 nitrogen and oxygen atoms in total. The minimum absolute atomic E-state index is 0.125. The van der Waals surface area contributed by atoms with Crippen LogP contribution in [0.2, 0.25) is 0 Å². The van der Waals surface area contributed by atoms with Gasteiger partial charge in [-0.2, -0.15) is 5.26 Å². The zero-order chi connectivity index (χ0) is 19.3. The summed E-state index contributed by atoms with van der Waals surface area (Å²) in [7, 11) is 1.60. The number of benzene rings is 1. The number of thioether (sulfide) groups is 1. The molecule has 0 saturated heterocycles. The molecule has 0 aliphatic rings. The van der Waals surface area contributed by atoms with Crippen molar-refractivity contribution in [2.24, 2.45) is 0 Å². The Morgan fingerprint density at radius 2 is 2.08 bits per heavy atom. The normalized spacial score (nSPS) is 11.0. The van der Waals surface area contributed by atoms with Crippen molar-refractivity contribution in [2.45, 2.75) is 31.1 Å². The lowest BCUT2D eigenvalue weighted by Crippen LogP contribution is -2.44. The molecule has 0 unspecified atom stereocenters. The minimum atomic E-state index is -0.883. The predicted octanol–water partition coefficient (Wildman–Crippen LogP) is 3.12. The Balaban J connectivity index is 2.20. The molecule has 8 heteroatoms. The summed E-state index contributed by atoms with van der Waals surface area (Å²) in [6.45, 7) is 7.56. The average Bonchev–Trinajstić information content (AvgIpc) is 3.02. The quantitative estimate of drug-likeness (QED) is 0.551. The molecule has 2 aromatic rings. The summed E-state index contributed by atoms with van der Waals surface area (Å²) in [5, 5.41) is 18.0. The predicted molar refractivity (Wildman–Crippen MR) is 98.8 cm³/mol. The lowest BCUT2D eigenvalue weighted by atomic mass is 10.1. The summed E-state index contributed by atoms with van der Waals surface area (Å²) in [5.41, 5.74) is -0.159. The molecular formula is C18H20FN5OS. The fourth-order valence-electron chi connectivity index (χ4n) is 2.11. The highest BCUT2D eigenvalue weighted by Gasteiger charge is 2.27. The fourth-order valence-corrected chi connectivity index (χ4v) is 2.97. The van der Waals surface area contributed by atoms with Crippen molar-refractivity contribution in [3.05, 3.63) is 42.7 Å². The molecule has 0 radical (unpaired) electrons. The van der Waals surface area contributed by atoms with Gasteiger partial charge in [-0.1, -0.05) is 17.8 Å². The zero-order valence-electron chi connectivity index (χ0n) is 14.9. The van der Waals surface area contributed by atoms with Gasteiger partial charge in [0.15, 0.2) is 11.0 Å². The number of aromatic nitrogens is 3. The van der Waals surface area contributed by atoms with Crippen LogP contribution in [-0.4, -0.2) is 43.9 Å². The van der Waals surface area contributed by atoms with Crippen LogP contribution in [-0.2, 0) is 11.3 Å². The van der Waals surface area contributed by atoms with Gasteiger partial charge in [0.25, 0.3) is 0 Å². The topological polar surface area (TPSA) is 74.8 Å². The molecule has 0 aliphatic heterocycles. The first-order valence-corrected chi connectivity index (χ1v) is 8.89. The second-order valence-electron chi connectivity index (χ2n) is 6.12. The molecule has 1 aromatic carbocycles. The van der Waals surface area contributed by atoms with E-state index in [1.165, 1.54) is 28.8 Å². The second kappa shape index (κ2) is 8.15. The minimum Gasteiger partial charge on any atom is -0.327 e. The molecule has 0 bridgehead atoms. The second-order valence-corrected chi connectivity index (χ2v) is 7.07. The fraction of sp³-hybridized carbons (Fsp3) is 0.333. The lowest BCUT2D eigenvalue weighted by molar-refractivity contribution is -0.130. The molecule has 136 valence electrons. The van der Waals surface area contributed by atoms with E-state index >= 15 is 0 Å². The summed E-state index contributed by atoms with van der Waals surface area (Å²) in [5.74, 6) is 0.191. The van der Waals surface area contributed by atoms with Crippen molar-refractivity contribution in [1.82, 2.24) is 19.7 Å². The Morgan fingerprint density at radius 3 is 2.65 bits per heavy atom.